The largest absolute Gasteiger partial charge is 0.474 e. The summed E-state index contributed by atoms with van der Waals surface area (Å²) in [5, 5.41) is 8.92. The number of ketones is 2. The Morgan fingerprint density at radius 3 is 2.46 bits per heavy atom. The molecule has 2 aromatic carbocycles. The number of ether oxygens (including phenoxy) is 1. The van der Waals surface area contributed by atoms with E-state index in [9.17, 15) is 9.59 Å². The van der Waals surface area contributed by atoms with Crippen molar-refractivity contribution in [2.75, 3.05) is 12.3 Å². The minimum atomic E-state index is -1.28. The van der Waals surface area contributed by atoms with Crippen LogP contribution >= 0.6 is 0 Å². The third-order valence-electron chi connectivity index (χ3n) is 4.10. The number of aliphatic hydroxyl groups excluding tert-OH is 1. The number of hydrogen-bond donors (Lipinski definition) is 3. The highest BCUT2D eigenvalue weighted by Gasteiger charge is 2.42. The van der Waals surface area contributed by atoms with Gasteiger partial charge in [0.15, 0.2) is 0 Å². The van der Waals surface area contributed by atoms with Crippen molar-refractivity contribution in [3.63, 3.8) is 0 Å². The van der Waals surface area contributed by atoms with E-state index in [1.54, 1.807) is 42.5 Å². The number of hydrogen-bond acceptors (Lipinski definition) is 6. The summed E-state index contributed by atoms with van der Waals surface area (Å²) in [5.74, 6) is -0.559. The molecule has 0 saturated heterocycles. The van der Waals surface area contributed by atoms with E-state index in [1.165, 1.54) is 0 Å². The number of carbonyl (C=O) groups excluding carboxylic acids is 2. The second-order valence-electron chi connectivity index (χ2n) is 5.67. The van der Waals surface area contributed by atoms with E-state index in [4.69, 9.17) is 21.3 Å². The Hall–Kier alpha value is -2.70. The first-order valence-electron chi connectivity index (χ1n) is 7.61. The predicted octanol–water partition coefficient (Wildman–Crippen LogP) is 1.02. The summed E-state index contributed by atoms with van der Waals surface area (Å²) in [4.78, 5) is 25.1. The van der Waals surface area contributed by atoms with E-state index in [-0.39, 0.29) is 6.61 Å². The maximum atomic E-state index is 12.6. The lowest BCUT2D eigenvalue weighted by Crippen LogP contribution is -2.46. The van der Waals surface area contributed by atoms with E-state index < -0.39 is 23.7 Å². The average molecular weight is 326 g/mol. The molecule has 0 aliphatic heterocycles. The summed E-state index contributed by atoms with van der Waals surface area (Å²) in [5.41, 5.74) is 13.8. The fraction of sp³-hybridized carbons (Fsp3) is 0.222. The molecule has 0 amide bonds. The van der Waals surface area contributed by atoms with Crippen LogP contribution in [0.1, 0.15) is 27.5 Å². The molecule has 2 unspecified atom stereocenters. The fourth-order valence-electron chi connectivity index (χ4n) is 2.83. The molecule has 1 aliphatic rings. The van der Waals surface area contributed by atoms with Crippen LogP contribution in [-0.2, 0) is 11.2 Å². The standard InChI is InChI=1S/C18H18N2O4/c19-13-3-1-2-12-14(13)15(20)17(23)18(16(12)22)24-11-6-4-10(5-7-11)8-9-21/h1-7,15,18,21H,8-9,19-20H2. The number of nitrogen functional groups attached to an aromatic ring is 1. The third kappa shape index (κ3) is 2.77. The Morgan fingerprint density at radius 2 is 1.79 bits per heavy atom. The molecular weight excluding hydrogens is 308 g/mol. The molecule has 0 radical (unpaired) electrons. The summed E-state index contributed by atoms with van der Waals surface area (Å²) in [6, 6.07) is 10.7. The fourth-order valence-corrected chi connectivity index (χ4v) is 2.83. The van der Waals surface area contributed by atoms with Crippen LogP contribution in [0.5, 0.6) is 5.75 Å². The number of benzene rings is 2. The van der Waals surface area contributed by atoms with Gasteiger partial charge < -0.3 is 21.3 Å². The van der Waals surface area contributed by atoms with Gasteiger partial charge in [-0.1, -0.05) is 24.3 Å². The molecule has 0 bridgehead atoms. The van der Waals surface area contributed by atoms with Crippen LogP contribution in [0.15, 0.2) is 42.5 Å². The lowest BCUT2D eigenvalue weighted by molar-refractivity contribution is -0.125. The van der Waals surface area contributed by atoms with Crippen molar-refractivity contribution in [2.24, 2.45) is 5.73 Å². The SMILES string of the molecule is Nc1cccc2c1C(N)C(=O)C(Oc1ccc(CCO)cc1)C2=O. The monoisotopic (exact) mass is 326 g/mol. The molecule has 6 heteroatoms. The number of aliphatic hydroxyl groups is 1. The Bertz CT molecular complexity index is 786. The smallest absolute Gasteiger partial charge is 0.221 e. The Kier molecular flexibility index (Phi) is 4.33. The number of Topliss-reactive ketones (excluding diaryl/α,β-unsaturated/α-hetero) is 2. The van der Waals surface area contributed by atoms with Crippen LogP contribution in [-0.4, -0.2) is 29.4 Å². The molecule has 0 saturated carbocycles. The molecule has 124 valence electrons. The van der Waals surface area contributed by atoms with Gasteiger partial charge in [-0.05, 0) is 30.2 Å². The number of fused-ring (bicyclic) bond motifs is 1. The summed E-state index contributed by atoms with van der Waals surface area (Å²) in [6.07, 6.45) is -0.753. The molecule has 2 aromatic rings. The Balaban J connectivity index is 1.89. The summed E-state index contributed by atoms with van der Waals surface area (Å²) >= 11 is 0. The van der Waals surface area contributed by atoms with Gasteiger partial charge in [0, 0.05) is 23.4 Å². The number of carbonyl (C=O) groups is 2. The first-order valence-corrected chi connectivity index (χ1v) is 7.61. The first kappa shape index (κ1) is 16.2. The minimum absolute atomic E-state index is 0.0485. The molecule has 24 heavy (non-hydrogen) atoms. The summed E-state index contributed by atoms with van der Waals surface area (Å²) < 4.78 is 5.60. The quantitative estimate of drug-likeness (QED) is 0.570. The van der Waals surface area contributed by atoms with Crippen LogP contribution in [0.3, 0.4) is 0 Å². The van der Waals surface area contributed by atoms with Gasteiger partial charge in [-0.2, -0.15) is 0 Å². The van der Waals surface area contributed by atoms with Crippen LogP contribution in [0, 0.1) is 0 Å². The average Bonchev–Trinajstić information content (AvgIpc) is 2.58. The molecule has 1 aliphatic carbocycles. The molecule has 6 nitrogen and oxygen atoms in total. The van der Waals surface area contributed by atoms with Crippen molar-refractivity contribution < 1.29 is 19.4 Å². The molecule has 0 spiro atoms. The topological polar surface area (TPSA) is 116 Å². The number of nitrogens with two attached hydrogens (primary N) is 2. The lowest BCUT2D eigenvalue weighted by Gasteiger charge is -2.28. The molecular formula is C18H18N2O4. The number of anilines is 1. The van der Waals surface area contributed by atoms with E-state index in [0.29, 0.717) is 29.0 Å². The van der Waals surface area contributed by atoms with Gasteiger partial charge >= 0.3 is 0 Å². The van der Waals surface area contributed by atoms with Crippen molar-refractivity contribution in [2.45, 2.75) is 18.6 Å². The zero-order valence-electron chi connectivity index (χ0n) is 12.9. The van der Waals surface area contributed by atoms with Gasteiger partial charge in [0.1, 0.15) is 5.75 Å². The summed E-state index contributed by atoms with van der Waals surface area (Å²) in [7, 11) is 0. The van der Waals surface area contributed by atoms with Crippen LogP contribution in [0.25, 0.3) is 0 Å². The minimum Gasteiger partial charge on any atom is -0.474 e. The van der Waals surface area contributed by atoms with Gasteiger partial charge in [-0.15, -0.1) is 0 Å². The van der Waals surface area contributed by atoms with Crippen LogP contribution in [0.4, 0.5) is 5.69 Å². The Labute approximate surface area is 139 Å². The van der Waals surface area contributed by atoms with Crippen molar-refractivity contribution in [1.82, 2.24) is 0 Å². The second-order valence-corrected chi connectivity index (χ2v) is 5.67. The molecule has 5 N–H and O–H groups in total. The van der Waals surface area contributed by atoms with Crippen molar-refractivity contribution >= 4 is 17.3 Å². The molecule has 0 heterocycles. The zero-order chi connectivity index (χ0) is 17.3. The Morgan fingerprint density at radius 1 is 1.08 bits per heavy atom. The van der Waals surface area contributed by atoms with Gasteiger partial charge in [0.2, 0.25) is 17.7 Å². The second kappa shape index (κ2) is 6.43. The highest BCUT2D eigenvalue weighted by Crippen LogP contribution is 2.32. The lowest BCUT2D eigenvalue weighted by atomic mass is 9.83. The third-order valence-corrected chi connectivity index (χ3v) is 4.10. The molecule has 2 atom stereocenters. The molecule has 3 rings (SSSR count). The van der Waals surface area contributed by atoms with E-state index in [1.807, 2.05) is 0 Å². The molecule has 0 aromatic heterocycles. The predicted molar refractivity (Wildman–Crippen MR) is 88.8 cm³/mol. The van der Waals surface area contributed by atoms with E-state index in [0.717, 1.165) is 5.56 Å². The first-order chi connectivity index (χ1) is 11.5. The highest BCUT2D eigenvalue weighted by molar-refractivity contribution is 6.20. The maximum Gasteiger partial charge on any atom is 0.221 e. The van der Waals surface area contributed by atoms with Crippen LogP contribution < -0.4 is 16.2 Å². The summed E-state index contributed by atoms with van der Waals surface area (Å²) in [6.45, 7) is 0.0485. The van der Waals surface area contributed by atoms with Gasteiger partial charge in [0.05, 0.1) is 6.04 Å². The van der Waals surface area contributed by atoms with Crippen LogP contribution in [0.2, 0.25) is 0 Å². The van der Waals surface area contributed by atoms with E-state index in [2.05, 4.69) is 0 Å². The van der Waals surface area contributed by atoms with Crippen molar-refractivity contribution in [3.05, 3.63) is 59.2 Å². The highest BCUT2D eigenvalue weighted by atomic mass is 16.5. The molecule has 0 fully saturated rings. The van der Waals surface area contributed by atoms with Crippen molar-refractivity contribution in [1.29, 1.82) is 0 Å². The van der Waals surface area contributed by atoms with Gasteiger partial charge in [-0.3, -0.25) is 9.59 Å². The van der Waals surface area contributed by atoms with Gasteiger partial charge in [0.25, 0.3) is 0 Å². The normalized spacial score (nSPS) is 19.9. The zero-order valence-corrected chi connectivity index (χ0v) is 12.9. The van der Waals surface area contributed by atoms with Gasteiger partial charge in [-0.25, -0.2) is 0 Å². The van der Waals surface area contributed by atoms with Crippen molar-refractivity contribution in [3.8, 4) is 5.75 Å². The number of rotatable bonds is 4. The maximum absolute atomic E-state index is 12.6. The van der Waals surface area contributed by atoms with E-state index >= 15 is 0 Å².